The standard InChI is InChI=1S/C17H24N6O2/c1-11-12-6-5-7-13(25-4)14(12)21-16(20-11)22-15-18-9-23(10-19-15)17(2,3)8-24/h5-7,24H,8-10H2,1-4H3,(H2,18,19,20,21,22). The molecule has 1 aromatic carbocycles. The lowest BCUT2D eigenvalue weighted by molar-refractivity contribution is 0.0532. The van der Waals surface area contributed by atoms with E-state index in [4.69, 9.17) is 4.74 Å². The van der Waals surface area contributed by atoms with E-state index >= 15 is 0 Å². The molecule has 3 rings (SSSR count). The summed E-state index contributed by atoms with van der Waals surface area (Å²) in [5.74, 6) is 1.79. The topological polar surface area (TPSA) is 94.9 Å². The minimum absolute atomic E-state index is 0.0692. The average molecular weight is 344 g/mol. The SMILES string of the molecule is COc1cccc2c(C)nc(NC3=NCN(C(C)(C)CO)CN3)nc12. The highest BCUT2D eigenvalue weighted by Crippen LogP contribution is 2.26. The number of aliphatic hydroxyl groups excluding tert-OH is 1. The summed E-state index contributed by atoms with van der Waals surface area (Å²) in [6.45, 7) is 7.03. The number of methoxy groups -OCH3 is 1. The number of fused-ring (bicyclic) bond motifs is 1. The van der Waals surface area contributed by atoms with Crippen LogP contribution in [-0.2, 0) is 0 Å². The van der Waals surface area contributed by atoms with Crippen LogP contribution in [0.3, 0.4) is 0 Å². The number of aliphatic hydroxyl groups is 1. The van der Waals surface area contributed by atoms with Gasteiger partial charge in [0.05, 0.1) is 32.7 Å². The fraction of sp³-hybridized carbons (Fsp3) is 0.471. The van der Waals surface area contributed by atoms with Crippen LogP contribution in [0.4, 0.5) is 5.95 Å². The number of aromatic nitrogens is 2. The van der Waals surface area contributed by atoms with Crippen molar-refractivity contribution in [2.75, 3.05) is 32.4 Å². The molecule has 0 saturated carbocycles. The molecule has 0 spiro atoms. The van der Waals surface area contributed by atoms with Gasteiger partial charge >= 0.3 is 0 Å². The molecule has 134 valence electrons. The molecule has 0 saturated heterocycles. The maximum atomic E-state index is 9.46. The first kappa shape index (κ1) is 17.4. The third kappa shape index (κ3) is 3.49. The first-order valence-electron chi connectivity index (χ1n) is 8.17. The number of rotatable bonds is 4. The third-order valence-corrected chi connectivity index (χ3v) is 4.41. The molecular weight excluding hydrogens is 320 g/mol. The number of hydrogen-bond acceptors (Lipinski definition) is 8. The Hall–Kier alpha value is -2.45. The van der Waals surface area contributed by atoms with Crippen molar-refractivity contribution in [3.63, 3.8) is 0 Å². The second-order valence-electron chi connectivity index (χ2n) is 6.61. The molecule has 8 nitrogen and oxygen atoms in total. The van der Waals surface area contributed by atoms with Gasteiger partial charge in [-0.15, -0.1) is 0 Å². The van der Waals surface area contributed by atoms with Gasteiger partial charge in [-0.05, 0) is 26.8 Å². The zero-order valence-corrected chi connectivity index (χ0v) is 15.0. The fourth-order valence-electron chi connectivity index (χ4n) is 2.63. The molecule has 1 aromatic heterocycles. The normalized spacial score (nSPS) is 15.6. The van der Waals surface area contributed by atoms with E-state index in [0.29, 0.717) is 31.0 Å². The van der Waals surface area contributed by atoms with Gasteiger partial charge in [-0.25, -0.2) is 15.0 Å². The van der Waals surface area contributed by atoms with Crippen molar-refractivity contribution in [1.29, 1.82) is 0 Å². The van der Waals surface area contributed by atoms with Gasteiger partial charge in [0.1, 0.15) is 11.3 Å². The smallest absolute Gasteiger partial charge is 0.230 e. The van der Waals surface area contributed by atoms with Crippen molar-refractivity contribution in [3.8, 4) is 5.75 Å². The molecule has 0 unspecified atom stereocenters. The van der Waals surface area contributed by atoms with Gasteiger partial charge in [0.25, 0.3) is 0 Å². The Bertz CT molecular complexity index is 805. The number of ether oxygens (including phenoxy) is 1. The molecule has 1 aliphatic rings. The number of nitrogens with one attached hydrogen (secondary N) is 2. The molecule has 8 heteroatoms. The van der Waals surface area contributed by atoms with E-state index in [0.717, 1.165) is 16.6 Å². The summed E-state index contributed by atoms with van der Waals surface area (Å²) < 4.78 is 5.40. The van der Waals surface area contributed by atoms with Crippen LogP contribution in [0.5, 0.6) is 5.75 Å². The van der Waals surface area contributed by atoms with E-state index in [9.17, 15) is 5.11 Å². The van der Waals surface area contributed by atoms with Gasteiger partial charge in [-0.1, -0.05) is 12.1 Å². The molecule has 0 radical (unpaired) electrons. The number of para-hydroxylation sites is 1. The van der Waals surface area contributed by atoms with E-state index in [-0.39, 0.29) is 12.1 Å². The Kier molecular flexibility index (Phi) is 4.73. The zero-order chi connectivity index (χ0) is 18.0. The van der Waals surface area contributed by atoms with E-state index in [1.54, 1.807) is 7.11 Å². The van der Waals surface area contributed by atoms with Gasteiger partial charge in [0.15, 0.2) is 0 Å². The summed E-state index contributed by atoms with van der Waals surface area (Å²) in [6.07, 6.45) is 0. The highest BCUT2D eigenvalue weighted by atomic mass is 16.5. The maximum absolute atomic E-state index is 9.46. The van der Waals surface area contributed by atoms with Crippen LogP contribution < -0.4 is 15.4 Å². The quantitative estimate of drug-likeness (QED) is 0.769. The van der Waals surface area contributed by atoms with E-state index < -0.39 is 0 Å². The Morgan fingerprint density at radius 2 is 2.16 bits per heavy atom. The van der Waals surface area contributed by atoms with Crippen LogP contribution in [0, 0.1) is 6.92 Å². The molecule has 25 heavy (non-hydrogen) atoms. The Labute approximate surface area is 146 Å². The second-order valence-corrected chi connectivity index (χ2v) is 6.61. The number of benzene rings is 1. The molecule has 0 atom stereocenters. The highest BCUT2D eigenvalue weighted by molar-refractivity contribution is 5.94. The number of hydrogen-bond donors (Lipinski definition) is 3. The lowest BCUT2D eigenvalue weighted by atomic mass is 10.1. The van der Waals surface area contributed by atoms with E-state index in [1.165, 1.54) is 0 Å². The molecule has 1 aliphatic heterocycles. The van der Waals surface area contributed by atoms with Crippen LogP contribution >= 0.6 is 0 Å². The van der Waals surface area contributed by atoms with Gasteiger partial charge in [0.2, 0.25) is 11.9 Å². The molecular formula is C17H24N6O2. The van der Waals surface area contributed by atoms with Crippen LogP contribution in [0.25, 0.3) is 10.9 Å². The van der Waals surface area contributed by atoms with Crippen molar-refractivity contribution < 1.29 is 9.84 Å². The predicted octanol–water partition coefficient (Wildman–Crippen LogP) is 1.31. The van der Waals surface area contributed by atoms with Gasteiger partial charge in [0, 0.05) is 10.9 Å². The van der Waals surface area contributed by atoms with Crippen molar-refractivity contribution in [1.82, 2.24) is 20.2 Å². The molecule has 0 bridgehead atoms. The largest absolute Gasteiger partial charge is 0.494 e. The van der Waals surface area contributed by atoms with Crippen LogP contribution in [-0.4, -0.2) is 58.5 Å². The third-order valence-electron chi connectivity index (χ3n) is 4.41. The number of nitrogens with zero attached hydrogens (tertiary/aromatic N) is 4. The van der Waals surface area contributed by atoms with Crippen LogP contribution in [0.15, 0.2) is 23.2 Å². The number of aliphatic imine (C=N–C) groups is 1. The first-order chi connectivity index (χ1) is 11.9. The molecule has 0 fully saturated rings. The molecule has 0 amide bonds. The zero-order valence-electron chi connectivity index (χ0n) is 15.0. The fourth-order valence-corrected chi connectivity index (χ4v) is 2.63. The minimum Gasteiger partial charge on any atom is -0.494 e. The summed E-state index contributed by atoms with van der Waals surface area (Å²) in [4.78, 5) is 15.6. The number of anilines is 1. The van der Waals surface area contributed by atoms with Gasteiger partial charge in [-0.3, -0.25) is 10.2 Å². The molecule has 2 heterocycles. The van der Waals surface area contributed by atoms with E-state index in [1.807, 2.05) is 43.9 Å². The average Bonchev–Trinajstić information content (AvgIpc) is 2.62. The lowest BCUT2D eigenvalue weighted by Crippen LogP contribution is -2.55. The van der Waals surface area contributed by atoms with Crippen molar-refractivity contribution >= 4 is 22.8 Å². The molecule has 0 aliphatic carbocycles. The number of aryl methyl sites for hydroxylation is 1. The van der Waals surface area contributed by atoms with Crippen LogP contribution in [0.2, 0.25) is 0 Å². The van der Waals surface area contributed by atoms with E-state index in [2.05, 4.69) is 25.6 Å². The van der Waals surface area contributed by atoms with Crippen molar-refractivity contribution in [2.45, 2.75) is 26.3 Å². The first-order valence-corrected chi connectivity index (χ1v) is 8.17. The van der Waals surface area contributed by atoms with Gasteiger partial charge in [-0.2, -0.15) is 0 Å². The minimum atomic E-state index is -0.328. The monoisotopic (exact) mass is 344 g/mol. The Balaban J connectivity index is 1.82. The van der Waals surface area contributed by atoms with Gasteiger partial charge < -0.3 is 15.2 Å². The summed E-state index contributed by atoms with van der Waals surface area (Å²) in [5, 5.41) is 16.7. The Morgan fingerprint density at radius 3 is 2.80 bits per heavy atom. The summed E-state index contributed by atoms with van der Waals surface area (Å²) >= 11 is 0. The summed E-state index contributed by atoms with van der Waals surface area (Å²) in [7, 11) is 1.63. The van der Waals surface area contributed by atoms with Crippen molar-refractivity contribution in [3.05, 3.63) is 23.9 Å². The Morgan fingerprint density at radius 1 is 1.36 bits per heavy atom. The highest BCUT2D eigenvalue weighted by Gasteiger charge is 2.27. The van der Waals surface area contributed by atoms with Crippen LogP contribution in [0.1, 0.15) is 19.5 Å². The summed E-state index contributed by atoms with van der Waals surface area (Å²) in [5.41, 5.74) is 1.30. The molecule has 3 N–H and O–H groups in total. The second kappa shape index (κ2) is 6.81. The molecule has 2 aromatic rings. The lowest BCUT2D eigenvalue weighted by Gasteiger charge is -2.38. The number of guanidine groups is 1. The van der Waals surface area contributed by atoms with Crippen molar-refractivity contribution in [2.24, 2.45) is 4.99 Å². The summed E-state index contributed by atoms with van der Waals surface area (Å²) in [6, 6.07) is 5.78. The predicted molar refractivity (Wildman–Crippen MR) is 97.8 cm³/mol. The maximum Gasteiger partial charge on any atom is 0.230 e.